The number of anilines is 1. The number of thiazole rings is 1. The summed E-state index contributed by atoms with van der Waals surface area (Å²) in [5, 5.41) is 9.58. The molecule has 1 aromatic heterocycles. The molecule has 1 aliphatic carbocycles. The fourth-order valence-corrected chi connectivity index (χ4v) is 3.93. The van der Waals surface area contributed by atoms with Gasteiger partial charge in [0.05, 0.1) is 17.3 Å². The van der Waals surface area contributed by atoms with Crippen LogP contribution in [0.1, 0.15) is 34.5 Å². The van der Waals surface area contributed by atoms with Crippen molar-refractivity contribution in [1.29, 1.82) is 5.26 Å². The Morgan fingerprint density at radius 3 is 2.76 bits per heavy atom. The lowest BCUT2D eigenvalue weighted by Gasteiger charge is -2.15. The molecule has 0 aliphatic heterocycles. The van der Waals surface area contributed by atoms with Gasteiger partial charge < -0.3 is 0 Å². The van der Waals surface area contributed by atoms with Gasteiger partial charge in [-0.25, -0.2) is 4.98 Å². The maximum atomic E-state index is 12.6. The molecule has 5 heteroatoms. The van der Waals surface area contributed by atoms with E-state index < -0.39 is 0 Å². The van der Waals surface area contributed by atoms with E-state index >= 15 is 0 Å². The molecule has 1 amide bonds. The van der Waals surface area contributed by atoms with Crippen molar-refractivity contribution in [3.8, 4) is 6.07 Å². The average molecular weight is 349 g/mol. The second-order valence-corrected chi connectivity index (χ2v) is 6.94. The number of nitriles is 1. The lowest BCUT2D eigenvalue weighted by molar-refractivity contribution is -0.114. The SMILES string of the molecule is C=CCN(C(=O)/C=C/c1ccc(C#N)cc1)c1nc2c(s1)CCCC2. The van der Waals surface area contributed by atoms with E-state index in [1.54, 1.807) is 46.6 Å². The van der Waals surface area contributed by atoms with Gasteiger partial charge in [0, 0.05) is 17.5 Å². The number of amides is 1. The summed E-state index contributed by atoms with van der Waals surface area (Å²) in [5.41, 5.74) is 2.62. The smallest absolute Gasteiger partial charge is 0.253 e. The molecular formula is C20H19N3OS. The molecule has 1 heterocycles. The van der Waals surface area contributed by atoms with Crippen LogP contribution in [0, 0.1) is 11.3 Å². The van der Waals surface area contributed by atoms with Crippen molar-refractivity contribution in [2.24, 2.45) is 0 Å². The highest BCUT2D eigenvalue weighted by atomic mass is 32.1. The first-order valence-electron chi connectivity index (χ1n) is 8.30. The number of rotatable bonds is 5. The van der Waals surface area contributed by atoms with Crippen LogP contribution >= 0.6 is 11.3 Å². The summed E-state index contributed by atoms with van der Waals surface area (Å²) in [6, 6.07) is 9.20. The standard InChI is InChI=1S/C20H19N3OS/c1-2-13-23(20-22-17-5-3-4-6-18(17)25-20)19(24)12-11-15-7-9-16(14-21)10-8-15/h2,7-12H,1,3-6,13H2/b12-11+. The number of carbonyl (C=O) groups is 1. The number of hydrogen-bond acceptors (Lipinski definition) is 4. The second-order valence-electron chi connectivity index (χ2n) is 5.88. The topological polar surface area (TPSA) is 57.0 Å². The van der Waals surface area contributed by atoms with Gasteiger partial charge in [-0.1, -0.05) is 18.2 Å². The molecule has 2 aromatic rings. The predicted octanol–water partition coefficient (Wildman–Crippen LogP) is 4.13. The third-order valence-corrected chi connectivity index (χ3v) is 5.28. The molecule has 25 heavy (non-hydrogen) atoms. The van der Waals surface area contributed by atoms with Crippen LogP contribution in [-0.4, -0.2) is 17.4 Å². The molecule has 1 aliphatic rings. The molecule has 0 atom stereocenters. The highest BCUT2D eigenvalue weighted by Crippen LogP contribution is 2.32. The zero-order valence-electron chi connectivity index (χ0n) is 13.9. The zero-order valence-corrected chi connectivity index (χ0v) is 14.8. The molecule has 0 N–H and O–H groups in total. The maximum absolute atomic E-state index is 12.6. The Balaban J connectivity index is 1.78. The van der Waals surface area contributed by atoms with Gasteiger partial charge in [-0.3, -0.25) is 9.69 Å². The minimum Gasteiger partial charge on any atom is -0.281 e. The first kappa shape index (κ1) is 17.1. The molecule has 126 valence electrons. The summed E-state index contributed by atoms with van der Waals surface area (Å²) >= 11 is 1.61. The summed E-state index contributed by atoms with van der Waals surface area (Å²) in [6.07, 6.45) is 9.45. The van der Waals surface area contributed by atoms with E-state index in [1.165, 1.54) is 17.7 Å². The number of fused-ring (bicyclic) bond motifs is 1. The summed E-state index contributed by atoms with van der Waals surface area (Å²) in [4.78, 5) is 20.3. The minimum absolute atomic E-state index is 0.115. The third kappa shape index (κ3) is 4.04. The Hall–Kier alpha value is -2.71. The van der Waals surface area contributed by atoms with Gasteiger partial charge in [-0.2, -0.15) is 5.26 Å². The Bertz CT molecular complexity index is 819. The zero-order chi connectivity index (χ0) is 17.6. The van der Waals surface area contributed by atoms with Crippen LogP contribution in [0.5, 0.6) is 0 Å². The van der Waals surface area contributed by atoms with Gasteiger partial charge in [0.15, 0.2) is 5.13 Å². The highest BCUT2D eigenvalue weighted by molar-refractivity contribution is 7.16. The molecular weight excluding hydrogens is 330 g/mol. The molecule has 0 saturated carbocycles. The normalized spacial score (nSPS) is 13.2. The Morgan fingerprint density at radius 1 is 1.32 bits per heavy atom. The van der Waals surface area contributed by atoms with E-state index in [4.69, 9.17) is 5.26 Å². The van der Waals surface area contributed by atoms with Crippen LogP contribution in [0.25, 0.3) is 6.08 Å². The highest BCUT2D eigenvalue weighted by Gasteiger charge is 2.21. The summed E-state index contributed by atoms with van der Waals surface area (Å²) in [7, 11) is 0. The minimum atomic E-state index is -0.115. The van der Waals surface area contributed by atoms with E-state index in [-0.39, 0.29) is 5.91 Å². The summed E-state index contributed by atoms with van der Waals surface area (Å²) in [6.45, 7) is 4.19. The number of aryl methyl sites for hydroxylation is 2. The average Bonchev–Trinajstić information content (AvgIpc) is 3.08. The van der Waals surface area contributed by atoms with Gasteiger partial charge in [0.1, 0.15) is 0 Å². The van der Waals surface area contributed by atoms with Crippen LogP contribution < -0.4 is 4.90 Å². The van der Waals surface area contributed by atoms with Crippen molar-refractivity contribution in [3.05, 3.63) is 64.7 Å². The lowest BCUT2D eigenvalue weighted by Crippen LogP contribution is -2.29. The first-order chi connectivity index (χ1) is 12.2. The van der Waals surface area contributed by atoms with Crippen molar-refractivity contribution >= 4 is 28.5 Å². The largest absolute Gasteiger partial charge is 0.281 e. The van der Waals surface area contributed by atoms with E-state index in [2.05, 4.69) is 17.6 Å². The molecule has 0 saturated heterocycles. The van der Waals surface area contributed by atoms with Gasteiger partial charge in [0.2, 0.25) is 0 Å². The molecule has 4 nitrogen and oxygen atoms in total. The third-order valence-electron chi connectivity index (χ3n) is 4.10. The van der Waals surface area contributed by atoms with E-state index in [1.807, 2.05) is 12.1 Å². The quantitative estimate of drug-likeness (QED) is 0.602. The van der Waals surface area contributed by atoms with Crippen LogP contribution in [-0.2, 0) is 17.6 Å². The molecule has 0 bridgehead atoms. The number of nitrogens with zero attached hydrogens (tertiary/aromatic N) is 3. The monoisotopic (exact) mass is 349 g/mol. The van der Waals surface area contributed by atoms with Gasteiger partial charge in [0.25, 0.3) is 5.91 Å². The fraction of sp³-hybridized carbons (Fsp3) is 0.250. The van der Waals surface area contributed by atoms with Crippen molar-refractivity contribution < 1.29 is 4.79 Å². The Labute approximate surface area is 151 Å². The van der Waals surface area contributed by atoms with E-state index in [9.17, 15) is 4.79 Å². The Kier molecular flexibility index (Phi) is 5.42. The molecule has 0 fully saturated rings. The van der Waals surface area contributed by atoms with E-state index in [0.29, 0.717) is 12.1 Å². The molecule has 0 radical (unpaired) electrons. The van der Waals surface area contributed by atoms with Crippen LogP contribution in [0.3, 0.4) is 0 Å². The van der Waals surface area contributed by atoms with Gasteiger partial charge in [-0.15, -0.1) is 17.9 Å². The van der Waals surface area contributed by atoms with Crippen LogP contribution in [0.4, 0.5) is 5.13 Å². The second kappa shape index (κ2) is 7.91. The number of aromatic nitrogens is 1. The lowest BCUT2D eigenvalue weighted by atomic mass is 10.0. The fourth-order valence-electron chi connectivity index (χ4n) is 2.77. The Morgan fingerprint density at radius 2 is 2.08 bits per heavy atom. The predicted molar refractivity (Wildman–Crippen MR) is 101 cm³/mol. The molecule has 0 spiro atoms. The van der Waals surface area contributed by atoms with Crippen molar-refractivity contribution in [1.82, 2.24) is 4.98 Å². The maximum Gasteiger partial charge on any atom is 0.253 e. The van der Waals surface area contributed by atoms with Gasteiger partial charge in [-0.05, 0) is 49.5 Å². The van der Waals surface area contributed by atoms with Crippen molar-refractivity contribution in [2.75, 3.05) is 11.4 Å². The summed E-state index contributed by atoms with van der Waals surface area (Å²) < 4.78 is 0. The van der Waals surface area contributed by atoms with Crippen LogP contribution in [0.15, 0.2) is 43.0 Å². The van der Waals surface area contributed by atoms with E-state index in [0.717, 1.165) is 29.2 Å². The number of carbonyl (C=O) groups excluding carboxylic acids is 1. The molecule has 1 aromatic carbocycles. The molecule has 0 unspecified atom stereocenters. The number of hydrogen-bond donors (Lipinski definition) is 0. The van der Waals surface area contributed by atoms with Crippen molar-refractivity contribution in [2.45, 2.75) is 25.7 Å². The first-order valence-corrected chi connectivity index (χ1v) is 9.12. The molecule has 3 rings (SSSR count). The summed E-state index contributed by atoms with van der Waals surface area (Å²) in [5.74, 6) is -0.115. The van der Waals surface area contributed by atoms with Crippen LogP contribution in [0.2, 0.25) is 0 Å². The number of benzene rings is 1. The van der Waals surface area contributed by atoms with Crippen molar-refractivity contribution in [3.63, 3.8) is 0 Å². The van der Waals surface area contributed by atoms with Gasteiger partial charge >= 0.3 is 0 Å².